The lowest BCUT2D eigenvalue weighted by molar-refractivity contribution is -0.122. The Balaban J connectivity index is 1.64. The first-order valence-electron chi connectivity index (χ1n) is 9.04. The van der Waals surface area contributed by atoms with E-state index in [0.29, 0.717) is 18.9 Å². The SMILES string of the molecule is CC(C)C[C@H](N)C(=O)NCc1cccc(Cn2cnc3ccccc32)c1. The fourth-order valence-electron chi connectivity index (χ4n) is 3.11. The van der Waals surface area contributed by atoms with Crippen LogP contribution in [0.1, 0.15) is 31.4 Å². The largest absolute Gasteiger partial charge is 0.351 e. The number of aromatic nitrogens is 2. The zero-order chi connectivity index (χ0) is 18.5. The third-order valence-corrected chi connectivity index (χ3v) is 4.40. The van der Waals surface area contributed by atoms with Gasteiger partial charge in [-0.2, -0.15) is 0 Å². The van der Waals surface area contributed by atoms with Crippen molar-refractivity contribution in [3.05, 3.63) is 66.0 Å². The van der Waals surface area contributed by atoms with Crippen LogP contribution in [0.3, 0.4) is 0 Å². The molecule has 2 aromatic carbocycles. The number of nitrogens with two attached hydrogens (primary N) is 1. The molecule has 3 aromatic rings. The molecule has 1 heterocycles. The van der Waals surface area contributed by atoms with Gasteiger partial charge in [0.05, 0.1) is 23.4 Å². The molecule has 3 rings (SSSR count). The van der Waals surface area contributed by atoms with E-state index < -0.39 is 6.04 Å². The summed E-state index contributed by atoms with van der Waals surface area (Å²) in [7, 11) is 0. The molecule has 5 heteroatoms. The molecule has 0 aliphatic rings. The highest BCUT2D eigenvalue weighted by molar-refractivity contribution is 5.81. The van der Waals surface area contributed by atoms with Crippen LogP contribution in [0.5, 0.6) is 0 Å². The Morgan fingerprint density at radius 1 is 1.15 bits per heavy atom. The predicted octanol–water partition coefficient (Wildman–Crippen LogP) is 3.07. The Kier molecular flexibility index (Phi) is 5.68. The van der Waals surface area contributed by atoms with Crippen LogP contribution >= 0.6 is 0 Å². The van der Waals surface area contributed by atoms with Gasteiger partial charge in [0.15, 0.2) is 0 Å². The van der Waals surface area contributed by atoms with Crippen LogP contribution in [0.15, 0.2) is 54.9 Å². The van der Waals surface area contributed by atoms with E-state index in [1.54, 1.807) is 0 Å². The van der Waals surface area contributed by atoms with Gasteiger partial charge in [-0.3, -0.25) is 4.79 Å². The van der Waals surface area contributed by atoms with E-state index in [2.05, 4.69) is 46.9 Å². The molecule has 0 aliphatic heterocycles. The molecule has 3 N–H and O–H groups in total. The van der Waals surface area contributed by atoms with Crippen molar-refractivity contribution in [2.75, 3.05) is 0 Å². The lowest BCUT2D eigenvalue weighted by Gasteiger charge is -2.14. The van der Waals surface area contributed by atoms with Crippen molar-refractivity contribution in [1.29, 1.82) is 0 Å². The Labute approximate surface area is 154 Å². The Morgan fingerprint density at radius 3 is 2.73 bits per heavy atom. The van der Waals surface area contributed by atoms with E-state index in [9.17, 15) is 4.79 Å². The summed E-state index contributed by atoms with van der Waals surface area (Å²) in [6, 6.07) is 15.9. The molecule has 1 amide bonds. The quantitative estimate of drug-likeness (QED) is 0.688. The number of nitrogens with zero attached hydrogens (tertiary/aromatic N) is 2. The normalized spacial score (nSPS) is 12.5. The molecule has 0 aliphatic carbocycles. The van der Waals surface area contributed by atoms with Crippen molar-refractivity contribution in [2.45, 2.75) is 39.4 Å². The van der Waals surface area contributed by atoms with Crippen molar-refractivity contribution < 1.29 is 4.79 Å². The number of hydrogen-bond donors (Lipinski definition) is 2. The standard InChI is InChI=1S/C21H26N4O/c1-15(2)10-18(22)21(26)23-12-16-6-5-7-17(11-16)13-25-14-24-19-8-3-4-9-20(19)25/h3-9,11,14-15,18H,10,12-13,22H2,1-2H3,(H,23,26)/t18-/m0/s1. The summed E-state index contributed by atoms with van der Waals surface area (Å²) in [4.78, 5) is 16.5. The number of hydrogen-bond acceptors (Lipinski definition) is 3. The fraction of sp³-hybridized carbons (Fsp3) is 0.333. The van der Waals surface area contributed by atoms with E-state index in [0.717, 1.165) is 23.1 Å². The minimum atomic E-state index is -0.449. The molecule has 1 aromatic heterocycles. The van der Waals surface area contributed by atoms with Crippen molar-refractivity contribution in [3.63, 3.8) is 0 Å². The molecule has 0 radical (unpaired) electrons. The van der Waals surface area contributed by atoms with Gasteiger partial charge in [0.2, 0.25) is 5.91 Å². The number of para-hydroxylation sites is 2. The summed E-state index contributed by atoms with van der Waals surface area (Å²) in [6.07, 6.45) is 2.56. The zero-order valence-electron chi connectivity index (χ0n) is 15.4. The highest BCUT2D eigenvalue weighted by atomic mass is 16.2. The van der Waals surface area contributed by atoms with E-state index in [1.807, 2.05) is 36.7 Å². The lowest BCUT2D eigenvalue weighted by Crippen LogP contribution is -2.41. The smallest absolute Gasteiger partial charge is 0.237 e. The van der Waals surface area contributed by atoms with E-state index in [4.69, 9.17) is 5.73 Å². The van der Waals surface area contributed by atoms with Crippen molar-refractivity contribution in [2.24, 2.45) is 11.7 Å². The molecule has 26 heavy (non-hydrogen) atoms. The maximum Gasteiger partial charge on any atom is 0.237 e. The monoisotopic (exact) mass is 350 g/mol. The molecule has 0 bridgehead atoms. The topological polar surface area (TPSA) is 72.9 Å². The predicted molar refractivity (Wildman–Crippen MR) is 105 cm³/mol. The van der Waals surface area contributed by atoms with E-state index in [-0.39, 0.29) is 5.91 Å². The van der Waals surface area contributed by atoms with Gasteiger partial charge < -0.3 is 15.6 Å². The van der Waals surface area contributed by atoms with Gasteiger partial charge in [-0.25, -0.2) is 4.98 Å². The van der Waals surface area contributed by atoms with Crippen LogP contribution in [-0.2, 0) is 17.9 Å². The van der Waals surface area contributed by atoms with Gasteiger partial charge in [0.1, 0.15) is 0 Å². The maximum atomic E-state index is 12.1. The number of amides is 1. The number of rotatable bonds is 7. The average Bonchev–Trinajstić information content (AvgIpc) is 3.02. The average molecular weight is 350 g/mol. The third kappa shape index (κ3) is 4.49. The first kappa shape index (κ1) is 18.1. The minimum Gasteiger partial charge on any atom is -0.351 e. The van der Waals surface area contributed by atoms with Crippen LogP contribution in [0, 0.1) is 5.92 Å². The number of carbonyl (C=O) groups is 1. The molecule has 1 atom stereocenters. The number of imidazole rings is 1. The molecular weight excluding hydrogens is 324 g/mol. The van der Waals surface area contributed by atoms with E-state index >= 15 is 0 Å². The van der Waals surface area contributed by atoms with Gasteiger partial charge >= 0.3 is 0 Å². The molecule has 0 fully saturated rings. The number of benzene rings is 2. The fourth-order valence-corrected chi connectivity index (χ4v) is 3.11. The van der Waals surface area contributed by atoms with Crippen LogP contribution in [0.25, 0.3) is 11.0 Å². The maximum absolute atomic E-state index is 12.1. The second kappa shape index (κ2) is 8.15. The Morgan fingerprint density at radius 2 is 1.92 bits per heavy atom. The molecule has 0 unspecified atom stereocenters. The zero-order valence-corrected chi connectivity index (χ0v) is 15.4. The summed E-state index contributed by atoms with van der Waals surface area (Å²) in [5, 5.41) is 2.94. The first-order valence-corrected chi connectivity index (χ1v) is 9.04. The minimum absolute atomic E-state index is 0.0929. The van der Waals surface area contributed by atoms with Crippen LogP contribution in [0.4, 0.5) is 0 Å². The van der Waals surface area contributed by atoms with Gasteiger partial charge in [0.25, 0.3) is 0 Å². The highest BCUT2D eigenvalue weighted by Gasteiger charge is 2.14. The van der Waals surface area contributed by atoms with Gasteiger partial charge in [-0.05, 0) is 35.6 Å². The molecule has 136 valence electrons. The highest BCUT2D eigenvalue weighted by Crippen LogP contribution is 2.15. The summed E-state index contributed by atoms with van der Waals surface area (Å²) in [5.74, 6) is 0.314. The molecule has 0 saturated carbocycles. The summed E-state index contributed by atoms with van der Waals surface area (Å²) < 4.78 is 2.13. The van der Waals surface area contributed by atoms with Gasteiger partial charge in [-0.1, -0.05) is 50.2 Å². The number of nitrogens with one attached hydrogen (secondary N) is 1. The second-order valence-corrected chi connectivity index (χ2v) is 7.13. The lowest BCUT2D eigenvalue weighted by atomic mass is 10.0. The van der Waals surface area contributed by atoms with Crippen LogP contribution in [-0.4, -0.2) is 21.5 Å². The molecular formula is C21H26N4O. The molecule has 0 saturated heterocycles. The number of carbonyl (C=O) groups excluding carboxylic acids is 1. The molecule has 0 spiro atoms. The van der Waals surface area contributed by atoms with Crippen molar-refractivity contribution >= 4 is 16.9 Å². The second-order valence-electron chi connectivity index (χ2n) is 7.13. The number of fused-ring (bicyclic) bond motifs is 1. The first-order chi connectivity index (χ1) is 12.5. The Bertz CT molecular complexity index is 884. The summed E-state index contributed by atoms with van der Waals surface area (Å²) >= 11 is 0. The van der Waals surface area contributed by atoms with Crippen molar-refractivity contribution in [3.8, 4) is 0 Å². The van der Waals surface area contributed by atoms with Crippen LogP contribution in [0.2, 0.25) is 0 Å². The molecule has 5 nitrogen and oxygen atoms in total. The van der Waals surface area contributed by atoms with E-state index in [1.165, 1.54) is 5.56 Å². The van der Waals surface area contributed by atoms with Gasteiger partial charge in [0, 0.05) is 13.1 Å². The Hall–Kier alpha value is -2.66. The van der Waals surface area contributed by atoms with Crippen LogP contribution < -0.4 is 11.1 Å². The summed E-state index contributed by atoms with van der Waals surface area (Å²) in [5.41, 5.74) is 10.3. The van der Waals surface area contributed by atoms with Gasteiger partial charge in [-0.15, -0.1) is 0 Å². The third-order valence-electron chi connectivity index (χ3n) is 4.40. The summed E-state index contributed by atoms with van der Waals surface area (Å²) in [6.45, 7) is 5.37. The van der Waals surface area contributed by atoms with Crippen molar-refractivity contribution in [1.82, 2.24) is 14.9 Å².